The molecule has 20 heavy (non-hydrogen) atoms. The molecule has 106 valence electrons. The van der Waals surface area contributed by atoms with Crippen molar-refractivity contribution < 1.29 is 4.79 Å². The lowest BCUT2D eigenvalue weighted by atomic mass is 9.51. The van der Waals surface area contributed by atoms with Crippen LogP contribution in [0.15, 0.2) is 30.3 Å². The Morgan fingerprint density at radius 1 is 1.30 bits per heavy atom. The monoisotopic (exact) mass is 269 g/mol. The van der Waals surface area contributed by atoms with Gasteiger partial charge in [0.25, 0.3) is 0 Å². The number of likely N-dealkylation sites (tertiary alicyclic amines) is 1. The van der Waals surface area contributed by atoms with E-state index in [9.17, 15) is 4.79 Å². The van der Waals surface area contributed by atoms with Crippen LogP contribution in [0.4, 0.5) is 0 Å². The van der Waals surface area contributed by atoms with Crippen molar-refractivity contribution in [3.63, 3.8) is 0 Å². The highest BCUT2D eigenvalue weighted by Crippen LogP contribution is 2.76. The first-order chi connectivity index (χ1) is 9.63. The first kappa shape index (κ1) is 12.4. The fraction of sp³-hybridized carbons (Fsp3) is 0.611. The maximum Gasteiger partial charge on any atom is 0.229 e. The molecule has 1 heterocycles. The Bertz CT molecular complexity index is 548. The van der Waals surface area contributed by atoms with Crippen LogP contribution in [0, 0.1) is 16.7 Å². The summed E-state index contributed by atoms with van der Waals surface area (Å²) in [4.78, 5) is 15.1. The van der Waals surface area contributed by atoms with Crippen LogP contribution in [0.2, 0.25) is 0 Å². The van der Waals surface area contributed by atoms with Gasteiger partial charge in [0.1, 0.15) is 0 Å². The third-order valence-electron chi connectivity index (χ3n) is 6.41. The van der Waals surface area contributed by atoms with E-state index >= 15 is 0 Å². The second kappa shape index (κ2) is 3.87. The quantitative estimate of drug-likeness (QED) is 0.817. The number of nitrogens with zero attached hydrogens (tertiary/aromatic N) is 1. The van der Waals surface area contributed by atoms with Crippen LogP contribution < -0.4 is 0 Å². The lowest BCUT2D eigenvalue weighted by Gasteiger charge is -2.49. The minimum atomic E-state index is -0.000456. The van der Waals surface area contributed by atoms with Gasteiger partial charge in [0.15, 0.2) is 0 Å². The fourth-order valence-electron chi connectivity index (χ4n) is 4.94. The van der Waals surface area contributed by atoms with Gasteiger partial charge in [-0.2, -0.15) is 0 Å². The Balaban J connectivity index is 1.63. The van der Waals surface area contributed by atoms with Gasteiger partial charge in [0.2, 0.25) is 5.91 Å². The molecule has 1 saturated heterocycles. The van der Waals surface area contributed by atoms with Crippen LogP contribution in [0.1, 0.15) is 51.1 Å². The van der Waals surface area contributed by atoms with Crippen molar-refractivity contribution in [2.24, 2.45) is 16.7 Å². The maximum absolute atomic E-state index is 13.0. The van der Waals surface area contributed by atoms with Crippen molar-refractivity contribution in [1.29, 1.82) is 0 Å². The van der Waals surface area contributed by atoms with Gasteiger partial charge in [-0.1, -0.05) is 37.3 Å². The average molecular weight is 269 g/mol. The van der Waals surface area contributed by atoms with E-state index in [0.717, 1.165) is 19.4 Å². The lowest BCUT2D eigenvalue weighted by molar-refractivity contribution is -0.147. The largest absolute Gasteiger partial charge is 0.335 e. The van der Waals surface area contributed by atoms with Crippen molar-refractivity contribution >= 4 is 5.91 Å². The molecule has 0 N–H and O–H groups in total. The fourth-order valence-corrected chi connectivity index (χ4v) is 4.94. The molecule has 0 bridgehead atoms. The van der Waals surface area contributed by atoms with Gasteiger partial charge in [-0.15, -0.1) is 0 Å². The van der Waals surface area contributed by atoms with Crippen LogP contribution >= 0.6 is 0 Å². The first-order valence-corrected chi connectivity index (χ1v) is 7.99. The average Bonchev–Trinajstić information content (AvgIpc) is 3.23. The Labute approximate surface area is 121 Å². The van der Waals surface area contributed by atoms with Crippen LogP contribution in [0.25, 0.3) is 0 Å². The molecule has 2 nitrogen and oxygen atoms in total. The van der Waals surface area contributed by atoms with Crippen molar-refractivity contribution in [2.45, 2.75) is 45.6 Å². The number of rotatable bonds is 3. The molecule has 2 aliphatic carbocycles. The number of hydrogen-bond donors (Lipinski definition) is 0. The number of carbonyl (C=O) groups is 1. The molecule has 3 fully saturated rings. The highest BCUT2D eigenvalue weighted by atomic mass is 16.2. The van der Waals surface area contributed by atoms with Gasteiger partial charge < -0.3 is 4.90 Å². The minimum Gasteiger partial charge on any atom is -0.335 e. The van der Waals surface area contributed by atoms with E-state index in [4.69, 9.17) is 0 Å². The SMILES string of the molecule is CC[C@@]12CC3(CC3)[C@@H]1CN([C@@H](C)c1ccccc1)C2=O. The summed E-state index contributed by atoms with van der Waals surface area (Å²) in [7, 11) is 0. The normalized spacial score (nSPS) is 34.8. The van der Waals surface area contributed by atoms with Gasteiger partial charge in [0.05, 0.1) is 11.5 Å². The molecule has 1 spiro atoms. The number of amides is 1. The molecule has 1 aliphatic heterocycles. The summed E-state index contributed by atoms with van der Waals surface area (Å²) < 4.78 is 0. The zero-order valence-electron chi connectivity index (χ0n) is 12.4. The Hall–Kier alpha value is -1.31. The molecule has 2 saturated carbocycles. The van der Waals surface area contributed by atoms with Gasteiger partial charge in [-0.25, -0.2) is 0 Å². The third kappa shape index (κ3) is 1.37. The molecule has 0 unspecified atom stereocenters. The number of benzene rings is 1. The summed E-state index contributed by atoms with van der Waals surface area (Å²) in [6.45, 7) is 5.38. The van der Waals surface area contributed by atoms with Crippen molar-refractivity contribution in [1.82, 2.24) is 4.90 Å². The van der Waals surface area contributed by atoms with Crippen LogP contribution in [-0.4, -0.2) is 17.4 Å². The predicted molar refractivity (Wildman–Crippen MR) is 79.1 cm³/mol. The lowest BCUT2D eigenvalue weighted by Crippen LogP contribution is -2.50. The molecule has 1 amide bonds. The Kier molecular flexibility index (Phi) is 2.40. The number of fused-ring (bicyclic) bond motifs is 2. The molecule has 1 aromatic rings. The van der Waals surface area contributed by atoms with Crippen LogP contribution in [0.5, 0.6) is 0 Å². The topological polar surface area (TPSA) is 20.3 Å². The molecule has 3 atom stereocenters. The first-order valence-electron chi connectivity index (χ1n) is 7.99. The molecule has 4 rings (SSSR count). The molecule has 3 aliphatic rings. The molecule has 0 radical (unpaired) electrons. The molecule has 2 heteroatoms. The van der Waals surface area contributed by atoms with Gasteiger partial charge in [-0.05, 0) is 49.5 Å². The van der Waals surface area contributed by atoms with Crippen LogP contribution in [-0.2, 0) is 4.79 Å². The minimum absolute atomic E-state index is 0.000456. The summed E-state index contributed by atoms with van der Waals surface area (Å²) in [5.74, 6) is 1.07. The van der Waals surface area contributed by atoms with Gasteiger partial charge >= 0.3 is 0 Å². The molecular formula is C18H23NO. The highest BCUT2D eigenvalue weighted by Gasteiger charge is 2.74. The van der Waals surface area contributed by atoms with E-state index in [0.29, 0.717) is 17.2 Å². The standard InChI is InChI=1S/C18H23NO/c1-3-18-12-17(9-10-17)15(18)11-19(16(18)20)13(2)14-7-5-4-6-8-14/h4-8,13,15H,3,9-12H2,1-2H3/t13-,15-,18+/m0/s1. The summed E-state index contributed by atoms with van der Waals surface area (Å²) in [6, 6.07) is 10.7. The Morgan fingerprint density at radius 3 is 2.60 bits per heavy atom. The summed E-state index contributed by atoms with van der Waals surface area (Å²) in [6.07, 6.45) is 4.91. The third-order valence-corrected chi connectivity index (χ3v) is 6.41. The van der Waals surface area contributed by atoms with Gasteiger partial charge in [0, 0.05) is 6.54 Å². The molecule has 0 aromatic heterocycles. The van der Waals surface area contributed by atoms with E-state index in [2.05, 4.69) is 43.0 Å². The summed E-state index contributed by atoms with van der Waals surface area (Å²) in [5, 5.41) is 0. The van der Waals surface area contributed by atoms with E-state index in [-0.39, 0.29) is 11.5 Å². The maximum atomic E-state index is 13.0. The summed E-state index contributed by atoms with van der Waals surface area (Å²) in [5.41, 5.74) is 1.83. The highest BCUT2D eigenvalue weighted by molar-refractivity contribution is 5.88. The van der Waals surface area contributed by atoms with E-state index in [1.807, 2.05) is 6.07 Å². The van der Waals surface area contributed by atoms with Crippen molar-refractivity contribution in [3.8, 4) is 0 Å². The second-order valence-electron chi connectivity index (χ2n) is 7.15. The number of carbonyl (C=O) groups excluding carboxylic acids is 1. The second-order valence-corrected chi connectivity index (χ2v) is 7.15. The smallest absolute Gasteiger partial charge is 0.229 e. The van der Waals surface area contributed by atoms with Crippen molar-refractivity contribution in [3.05, 3.63) is 35.9 Å². The predicted octanol–water partition coefficient (Wildman–Crippen LogP) is 3.79. The van der Waals surface area contributed by atoms with E-state index in [1.165, 1.54) is 18.4 Å². The Morgan fingerprint density at radius 2 is 2.00 bits per heavy atom. The molecular weight excluding hydrogens is 246 g/mol. The van der Waals surface area contributed by atoms with Crippen molar-refractivity contribution in [2.75, 3.05) is 6.54 Å². The van der Waals surface area contributed by atoms with E-state index < -0.39 is 0 Å². The summed E-state index contributed by atoms with van der Waals surface area (Å²) >= 11 is 0. The van der Waals surface area contributed by atoms with Crippen LogP contribution in [0.3, 0.4) is 0 Å². The zero-order valence-corrected chi connectivity index (χ0v) is 12.4. The van der Waals surface area contributed by atoms with E-state index in [1.54, 1.807) is 0 Å². The zero-order chi connectivity index (χ0) is 14.0. The van der Waals surface area contributed by atoms with Gasteiger partial charge in [-0.3, -0.25) is 4.79 Å². The number of hydrogen-bond acceptors (Lipinski definition) is 1. The molecule has 1 aromatic carbocycles.